The first-order valence-electron chi connectivity index (χ1n) is 8.60. The normalized spacial score (nSPS) is 18.7. The molecule has 26 heavy (non-hydrogen) atoms. The number of nitrogens with one attached hydrogen (secondary N) is 1. The van der Waals surface area contributed by atoms with E-state index < -0.39 is 9.84 Å². The minimum atomic E-state index is -2.94. The number of sulfone groups is 1. The van der Waals surface area contributed by atoms with Crippen LogP contribution in [0.4, 0.5) is 16.0 Å². The number of hydrogen-bond donors (Lipinski definition) is 1. The number of aryl methyl sites for hydroxylation is 1. The average Bonchev–Trinajstić information content (AvgIpc) is 2.95. The summed E-state index contributed by atoms with van der Waals surface area (Å²) in [5.74, 6) is 2.19. The van der Waals surface area contributed by atoms with Crippen molar-refractivity contribution in [2.45, 2.75) is 25.8 Å². The van der Waals surface area contributed by atoms with Crippen molar-refractivity contribution in [1.29, 1.82) is 0 Å². The fourth-order valence-corrected chi connectivity index (χ4v) is 4.85. The molecule has 1 unspecified atom stereocenters. The summed E-state index contributed by atoms with van der Waals surface area (Å²) in [5, 5.41) is 3.26. The molecule has 0 radical (unpaired) electrons. The number of anilines is 2. The Hall–Kier alpha value is -2.22. The number of rotatable bonds is 6. The zero-order valence-electron chi connectivity index (χ0n) is 14.9. The third kappa shape index (κ3) is 4.69. The Kier molecular flexibility index (Phi) is 5.41. The smallest absolute Gasteiger partial charge is 0.152 e. The topological polar surface area (TPSA) is 75.2 Å². The minimum Gasteiger partial charge on any atom is -0.370 e. The summed E-state index contributed by atoms with van der Waals surface area (Å²) in [6, 6.07) is 8.22. The van der Waals surface area contributed by atoms with E-state index in [1.807, 2.05) is 24.9 Å². The highest BCUT2D eigenvalue weighted by atomic mass is 32.2. The quantitative estimate of drug-likeness (QED) is 0.831. The molecule has 1 aromatic carbocycles. The van der Waals surface area contributed by atoms with Crippen LogP contribution in [0.2, 0.25) is 0 Å². The SMILES string of the molecule is Cc1nc(NCCc2ccc(F)cc2)cc(N(C)C2CCS(=O)(=O)C2)n1. The summed E-state index contributed by atoms with van der Waals surface area (Å²) >= 11 is 0. The van der Waals surface area contributed by atoms with Gasteiger partial charge in [-0.25, -0.2) is 22.8 Å². The number of halogens is 1. The van der Waals surface area contributed by atoms with Gasteiger partial charge in [-0.2, -0.15) is 0 Å². The molecule has 1 aliphatic heterocycles. The lowest BCUT2D eigenvalue weighted by Crippen LogP contribution is -2.33. The first-order chi connectivity index (χ1) is 12.3. The molecule has 1 fully saturated rings. The van der Waals surface area contributed by atoms with Crippen LogP contribution in [0.3, 0.4) is 0 Å². The van der Waals surface area contributed by atoms with Gasteiger partial charge in [-0.3, -0.25) is 0 Å². The van der Waals surface area contributed by atoms with Crippen LogP contribution >= 0.6 is 0 Å². The van der Waals surface area contributed by atoms with Gasteiger partial charge in [-0.1, -0.05) is 12.1 Å². The van der Waals surface area contributed by atoms with Crippen molar-refractivity contribution in [2.24, 2.45) is 0 Å². The molecule has 2 heterocycles. The van der Waals surface area contributed by atoms with Crippen molar-refractivity contribution in [2.75, 3.05) is 35.3 Å². The van der Waals surface area contributed by atoms with E-state index in [9.17, 15) is 12.8 Å². The van der Waals surface area contributed by atoms with Crippen molar-refractivity contribution in [3.05, 3.63) is 47.5 Å². The Bertz CT molecular complexity index is 871. The minimum absolute atomic E-state index is 0.0543. The van der Waals surface area contributed by atoms with Crippen LogP contribution in [-0.4, -0.2) is 49.5 Å². The van der Waals surface area contributed by atoms with E-state index in [0.29, 0.717) is 30.4 Å². The highest BCUT2D eigenvalue weighted by molar-refractivity contribution is 7.91. The molecule has 1 aliphatic rings. The molecule has 0 amide bonds. The molecule has 0 aliphatic carbocycles. The second kappa shape index (κ2) is 7.57. The van der Waals surface area contributed by atoms with E-state index in [2.05, 4.69) is 15.3 Å². The largest absolute Gasteiger partial charge is 0.370 e. The Morgan fingerprint density at radius 1 is 1.27 bits per heavy atom. The lowest BCUT2D eigenvalue weighted by molar-refractivity contribution is 0.600. The van der Waals surface area contributed by atoms with Gasteiger partial charge in [0, 0.05) is 25.7 Å². The fourth-order valence-electron chi connectivity index (χ4n) is 3.08. The van der Waals surface area contributed by atoms with Gasteiger partial charge in [-0.15, -0.1) is 0 Å². The van der Waals surface area contributed by atoms with Crippen molar-refractivity contribution >= 4 is 21.5 Å². The Morgan fingerprint density at radius 2 is 2.00 bits per heavy atom. The summed E-state index contributed by atoms with van der Waals surface area (Å²) in [5.41, 5.74) is 1.04. The van der Waals surface area contributed by atoms with Crippen molar-refractivity contribution in [3.63, 3.8) is 0 Å². The molecule has 2 aromatic rings. The zero-order chi connectivity index (χ0) is 18.7. The van der Waals surface area contributed by atoms with Crippen LogP contribution in [0, 0.1) is 12.7 Å². The van der Waals surface area contributed by atoms with Gasteiger partial charge in [0.1, 0.15) is 23.3 Å². The molecular formula is C18H23FN4O2S. The van der Waals surface area contributed by atoms with E-state index in [4.69, 9.17) is 0 Å². The van der Waals surface area contributed by atoms with Crippen LogP contribution < -0.4 is 10.2 Å². The Labute approximate surface area is 153 Å². The molecule has 0 spiro atoms. The molecule has 6 nitrogen and oxygen atoms in total. The molecule has 0 bridgehead atoms. The van der Waals surface area contributed by atoms with Crippen LogP contribution in [0.15, 0.2) is 30.3 Å². The number of nitrogens with zero attached hydrogens (tertiary/aromatic N) is 3. The van der Waals surface area contributed by atoms with Crippen LogP contribution in [0.25, 0.3) is 0 Å². The third-order valence-electron chi connectivity index (χ3n) is 4.57. The molecule has 1 N–H and O–H groups in total. The van der Waals surface area contributed by atoms with Gasteiger partial charge < -0.3 is 10.2 Å². The highest BCUT2D eigenvalue weighted by Crippen LogP contribution is 2.23. The summed E-state index contributed by atoms with van der Waals surface area (Å²) in [6.45, 7) is 2.47. The van der Waals surface area contributed by atoms with Gasteiger partial charge in [0.25, 0.3) is 0 Å². The van der Waals surface area contributed by atoms with E-state index in [1.54, 1.807) is 12.1 Å². The maximum absolute atomic E-state index is 12.9. The molecule has 0 saturated carbocycles. The number of hydrogen-bond acceptors (Lipinski definition) is 6. The molecular weight excluding hydrogens is 355 g/mol. The molecule has 1 aromatic heterocycles. The van der Waals surface area contributed by atoms with E-state index >= 15 is 0 Å². The molecule has 8 heteroatoms. The molecule has 1 saturated heterocycles. The standard InChI is InChI=1S/C18H23FN4O2S/c1-13-21-17(20-9-7-14-3-5-15(19)6-4-14)11-18(22-13)23(2)16-8-10-26(24,25)12-16/h3-6,11,16H,7-10,12H2,1-2H3,(H,20,21,22). The summed E-state index contributed by atoms with van der Waals surface area (Å²) in [6.07, 6.45) is 1.37. The van der Waals surface area contributed by atoms with Gasteiger partial charge in [0.15, 0.2) is 9.84 Å². The predicted molar refractivity (Wildman–Crippen MR) is 101 cm³/mol. The lowest BCUT2D eigenvalue weighted by atomic mass is 10.1. The lowest BCUT2D eigenvalue weighted by Gasteiger charge is -2.25. The summed E-state index contributed by atoms with van der Waals surface area (Å²) < 4.78 is 36.4. The molecule has 140 valence electrons. The molecule has 1 atom stereocenters. The van der Waals surface area contributed by atoms with Gasteiger partial charge >= 0.3 is 0 Å². The monoisotopic (exact) mass is 378 g/mol. The van der Waals surface area contributed by atoms with Crippen LogP contribution in [-0.2, 0) is 16.3 Å². The maximum atomic E-state index is 12.9. The van der Waals surface area contributed by atoms with Gasteiger partial charge in [-0.05, 0) is 37.5 Å². The number of aromatic nitrogens is 2. The highest BCUT2D eigenvalue weighted by Gasteiger charge is 2.31. The maximum Gasteiger partial charge on any atom is 0.152 e. The third-order valence-corrected chi connectivity index (χ3v) is 6.33. The number of benzene rings is 1. The van der Waals surface area contributed by atoms with E-state index in [-0.39, 0.29) is 23.4 Å². The average molecular weight is 378 g/mol. The van der Waals surface area contributed by atoms with Crippen molar-refractivity contribution in [3.8, 4) is 0 Å². The zero-order valence-corrected chi connectivity index (χ0v) is 15.8. The second-order valence-electron chi connectivity index (χ2n) is 6.63. The molecule has 3 rings (SSSR count). The van der Waals surface area contributed by atoms with Crippen LogP contribution in [0.1, 0.15) is 17.8 Å². The van der Waals surface area contributed by atoms with Gasteiger partial charge in [0.2, 0.25) is 0 Å². The predicted octanol–water partition coefficient (Wildman–Crippen LogP) is 2.20. The van der Waals surface area contributed by atoms with E-state index in [1.165, 1.54) is 12.1 Å². The first-order valence-corrected chi connectivity index (χ1v) is 10.4. The van der Waals surface area contributed by atoms with Crippen LogP contribution in [0.5, 0.6) is 0 Å². The summed E-state index contributed by atoms with van der Waals surface area (Å²) in [7, 11) is -1.07. The van der Waals surface area contributed by atoms with Gasteiger partial charge in [0.05, 0.1) is 11.5 Å². The first kappa shape index (κ1) is 18.6. The Balaban J connectivity index is 1.64. The van der Waals surface area contributed by atoms with E-state index in [0.717, 1.165) is 12.0 Å². The van der Waals surface area contributed by atoms with Crippen molar-refractivity contribution in [1.82, 2.24) is 9.97 Å². The summed E-state index contributed by atoms with van der Waals surface area (Å²) in [4.78, 5) is 10.8. The second-order valence-corrected chi connectivity index (χ2v) is 8.86. The van der Waals surface area contributed by atoms with Crippen molar-refractivity contribution < 1.29 is 12.8 Å². The Morgan fingerprint density at radius 3 is 2.65 bits per heavy atom. The fraction of sp³-hybridized carbons (Fsp3) is 0.444.